The zero-order valence-electron chi connectivity index (χ0n) is 10.6. The molecular formula is C11H15N3O4S. The van der Waals surface area contributed by atoms with Gasteiger partial charge in [-0.3, -0.25) is 5.10 Å². The quantitative estimate of drug-likeness (QED) is 0.659. The highest BCUT2D eigenvalue weighted by Gasteiger charge is 2.29. The summed E-state index contributed by atoms with van der Waals surface area (Å²) < 4.78 is 26.6. The minimum absolute atomic E-state index is 0.150. The number of carbonyl (C=O) groups is 1. The third-order valence-corrected chi connectivity index (χ3v) is 4.07. The number of aromatic amines is 1. The minimum atomic E-state index is -4.02. The molecule has 7 nitrogen and oxygen atoms in total. The molecule has 104 valence electrons. The summed E-state index contributed by atoms with van der Waals surface area (Å²) >= 11 is 0. The Balaban J connectivity index is 3.18. The zero-order chi connectivity index (χ0) is 14.6. The number of rotatable bonds is 6. The van der Waals surface area contributed by atoms with Gasteiger partial charge in [-0.15, -0.1) is 6.42 Å². The van der Waals surface area contributed by atoms with Crippen LogP contribution in [0.5, 0.6) is 0 Å². The van der Waals surface area contributed by atoms with Crippen molar-refractivity contribution in [3.8, 4) is 12.3 Å². The van der Waals surface area contributed by atoms with Crippen molar-refractivity contribution < 1.29 is 18.3 Å². The molecule has 0 saturated carbocycles. The standard InChI is InChI=1S/C11H15N3O4S/c1-4-6-8(5-2)14-19(17,18)10-7(3)12-13-9(10)11(15)16/h2,8,14H,4,6H2,1,3H3,(H,12,13)(H,15,16). The maximum atomic E-state index is 12.2. The molecule has 19 heavy (non-hydrogen) atoms. The van der Waals surface area contributed by atoms with E-state index in [-0.39, 0.29) is 10.6 Å². The highest BCUT2D eigenvalue weighted by molar-refractivity contribution is 7.89. The smallest absolute Gasteiger partial charge is 0.357 e. The molecule has 1 atom stereocenters. The molecule has 0 saturated heterocycles. The predicted molar refractivity (Wildman–Crippen MR) is 68.1 cm³/mol. The molecule has 1 aromatic heterocycles. The molecule has 1 heterocycles. The Labute approximate surface area is 111 Å². The third kappa shape index (κ3) is 3.33. The Morgan fingerprint density at radius 1 is 1.63 bits per heavy atom. The van der Waals surface area contributed by atoms with Gasteiger partial charge in [-0.1, -0.05) is 19.3 Å². The van der Waals surface area contributed by atoms with Gasteiger partial charge in [-0.2, -0.15) is 9.82 Å². The first-order valence-corrected chi connectivity index (χ1v) is 7.08. The zero-order valence-corrected chi connectivity index (χ0v) is 11.4. The van der Waals surface area contributed by atoms with Crippen molar-refractivity contribution >= 4 is 16.0 Å². The number of aromatic carboxylic acids is 1. The van der Waals surface area contributed by atoms with Crippen LogP contribution < -0.4 is 4.72 Å². The third-order valence-electron chi connectivity index (χ3n) is 2.44. The average molecular weight is 285 g/mol. The molecule has 0 bridgehead atoms. The van der Waals surface area contributed by atoms with Crippen molar-refractivity contribution in [1.29, 1.82) is 0 Å². The fraction of sp³-hybridized carbons (Fsp3) is 0.455. The lowest BCUT2D eigenvalue weighted by atomic mass is 10.2. The average Bonchev–Trinajstić information content (AvgIpc) is 2.71. The van der Waals surface area contributed by atoms with Gasteiger partial charge in [0, 0.05) is 0 Å². The van der Waals surface area contributed by atoms with Crippen LogP contribution in [0.15, 0.2) is 4.90 Å². The van der Waals surface area contributed by atoms with Crippen LogP contribution in [-0.4, -0.2) is 35.7 Å². The maximum Gasteiger partial charge on any atom is 0.357 e. The molecule has 0 amide bonds. The van der Waals surface area contributed by atoms with Gasteiger partial charge in [0.1, 0.15) is 4.90 Å². The number of carboxylic acid groups (broad SMARTS) is 1. The lowest BCUT2D eigenvalue weighted by Gasteiger charge is -2.12. The van der Waals surface area contributed by atoms with Crippen molar-refractivity contribution in [3.05, 3.63) is 11.4 Å². The van der Waals surface area contributed by atoms with Crippen molar-refractivity contribution in [1.82, 2.24) is 14.9 Å². The second kappa shape index (κ2) is 5.86. The first-order valence-electron chi connectivity index (χ1n) is 5.60. The number of nitrogens with zero attached hydrogens (tertiary/aromatic N) is 1. The van der Waals surface area contributed by atoms with Gasteiger partial charge < -0.3 is 5.11 Å². The fourth-order valence-corrected chi connectivity index (χ4v) is 3.12. The number of hydrogen-bond donors (Lipinski definition) is 3. The Morgan fingerprint density at radius 3 is 2.74 bits per heavy atom. The summed E-state index contributed by atoms with van der Waals surface area (Å²) in [6, 6.07) is -0.675. The van der Waals surface area contributed by atoms with E-state index in [1.807, 2.05) is 6.92 Å². The fourth-order valence-electron chi connectivity index (χ4n) is 1.60. The Morgan fingerprint density at radius 2 is 2.26 bits per heavy atom. The van der Waals surface area contributed by atoms with Crippen LogP contribution in [0.1, 0.15) is 35.9 Å². The van der Waals surface area contributed by atoms with E-state index in [1.165, 1.54) is 6.92 Å². The van der Waals surface area contributed by atoms with Crippen LogP contribution in [-0.2, 0) is 10.0 Å². The molecule has 0 aliphatic rings. The second-order valence-corrected chi connectivity index (χ2v) is 5.61. The molecule has 1 aromatic rings. The topological polar surface area (TPSA) is 112 Å². The van der Waals surface area contributed by atoms with Crippen molar-refractivity contribution in [2.45, 2.75) is 37.6 Å². The summed E-state index contributed by atoms with van der Waals surface area (Å²) in [5, 5.41) is 14.7. The summed E-state index contributed by atoms with van der Waals surface area (Å²) in [6.07, 6.45) is 6.41. The summed E-state index contributed by atoms with van der Waals surface area (Å²) in [5.41, 5.74) is -0.394. The lowest BCUT2D eigenvalue weighted by Crippen LogP contribution is -2.34. The van der Waals surface area contributed by atoms with Gasteiger partial charge in [0.05, 0.1) is 11.7 Å². The van der Waals surface area contributed by atoms with Gasteiger partial charge in [0.2, 0.25) is 10.0 Å². The van der Waals surface area contributed by atoms with E-state index in [4.69, 9.17) is 11.5 Å². The lowest BCUT2D eigenvalue weighted by molar-refractivity contribution is 0.0686. The summed E-state index contributed by atoms with van der Waals surface area (Å²) in [7, 11) is -4.02. The number of aryl methyl sites for hydroxylation is 1. The predicted octanol–water partition coefficient (Wildman–Crippen LogP) is 0.497. The molecule has 1 unspecified atom stereocenters. The highest BCUT2D eigenvalue weighted by atomic mass is 32.2. The van der Waals surface area contributed by atoms with E-state index in [0.29, 0.717) is 12.8 Å². The molecule has 0 radical (unpaired) electrons. The molecule has 0 aliphatic heterocycles. The molecule has 0 aromatic carbocycles. The van der Waals surface area contributed by atoms with Gasteiger partial charge in [-0.25, -0.2) is 13.2 Å². The molecule has 1 rings (SSSR count). The van der Waals surface area contributed by atoms with Crippen molar-refractivity contribution in [2.75, 3.05) is 0 Å². The van der Waals surface area contributed by atoms with Gasteiger partial charge in [-0.05, 0) is 13.3 Å². The number of hydrogen-bond acceptors (Lipinski definition) is 4. The van der Waals surface area contributed by atoms with E-state index in [9.17, 15) is 13.2 Å². The van der Waals surface area contributed by atoms with E-state index in [1.54, 1.807) is 0 Å². The number of nitrogens with one attached hydrogen (secondary N) is 2. The van der Waals surface area contributed by atoms with E-state index < -0.39 is 27.7 Å². The molecule has 3 N–H and O–H groups in total. The minimum Gasteiger partial charge on any atom is -0.476 e. The van der Waals surface area contributed by atoms with Crippen LogP contribution in [0, 0.1) is 19.3 Å². The molecule has 0 fully saturated rings. The maximum absolute atomic E-state index is 12.2. The van der Waals surface area contributed by atoms with E-state index in [2.05, 4.69) is 20.8 Å². The number of H-pyrrole nitrogens is 1. The number of terminal acetylenes is 1. The van der Waals surface area contributed by atoms with Crippen LogP contribution >= 0.6 is 0 Å². The normalized spacial score (nSPS) is 12.9. The molecule has 0 aliphatic carbocycles. The summed E-state index contributed by atoms with van der Waals surface area (Å²) in [6.45, 7) is 3.29. The van der Waals surface area contributed by atoms with Gasteiger partial charge in [0.15, 0.2) is 5.69 Å². The Hall–Kier alpha value is -1.85. The van der Waals surface area contributed by atoms with Gasteiger partial charge >= 0.3 is 5.97 Å². The molecule has 8 heteroatoms. The summed E-state index contributed by atoms with van der Waals surface area (Å²) in [5.74, 6) is 0.902. The largest absolute Gasteiger partial charge is 0.476 e. The Kier molecular flexibility index (Phi) is 4.69. The van der Waals surface area contributed by atoms with Crippen LogP contribution in [0.2, 0.25) is 0 Å². The molecular weight excluding hydrogens is 270 g/mol. The number of aromatic nitrogens is 2. The molecule has 0 spiro atoms. The SMILES string of the molecule is C#CC(CCC)NS(=O)(=O)c1c(C(=O)O)n[nH]c1C. The number of sulfonamides is 1. The first-order chi connectivity index (χ1) is 8.83. The Bertz CT molecular complexity index is 612. The van der Waals surface area contributed by atoms with Crippen LogP contribution in [0.3, 0.4) is 0 Å². The van der Waals surface area contributed by atoms with E-state index in [0.717, 1.165) is 0 Å². The van der Waals surface area contributed by atoms with Gasteiger partial charge in [0.25, 0.3) is 0 Å². The monoisotopic (exact) mass is 285 g/mol. The van der Waals surface area contributed by atoms with Crippen LogP contribution in [0.25, 0.3) is 0 Å². The number of carboxylic acids is 1. The van der Waals surface area contributed by atoms with E-state index >= 15 is 0 Å². The highest BCUT2D eigenvalue weighted by Crippen LogP contribution is 2.18. The summed E-state index contributed by atoms with van der Waals surface area (Å²) in [4.78, 5) is 10.6. The van der Waals surface area contributed by atoms with Crippen molar-refractivity contribution in [3.63, 3.8) is 0 Å². The second-order valence-electron chi connectivity index (χ2n) is 3.96. The first kappa shape index (κ1) is 15.2. The van der Waals surface area contributed by atoms with Crippen LogP contribution in [0.4, 0.5) is 0 Å². The van der Waals surface area contributed by atoms with Crippen molar-refractivity contribution in [2.24, 2.45) is 0 Å².